The van der Waals surface area contributed by atoms with Crippen LogP contribution >= 0.6 is 0 Å². The Morgan fingerprint density at radius 1 is 0.810 bits per heavy atom. The van der Waals surface area contributed by atoms with Gasteiger partial charge in [0, 0.05) is 26.2 Å². The van der Waals surface area contributed by atoms with Crippen molar-refractivity contribution < 1.29 is 73.4 Å². The van der Waals surface area contributed by atoms with Crippen LogP contribution < -0.4 is 39.8 Å². The van der Waals surface area contributed by atoms with Gasteiger partial charge in [-0.1, -0.05) is 0 Å². The van der Waals surface area contributed by atoms with E-state index in [9.17, 15) is 29.4 Å². The minimum atomic E-state index is -1.51. The van der Waals surface area contributed by atoms with E-state index in [2.05, 4.69) is 0 Å². The van der Waals surface area contributed by atoms with Gasteiger partial charge in [0.15, 0.2) is 0 Å². The maximum Gasteiger partial charge on any atom is 1.00 e. The number of carbonyl (C=O) groups excluding carboxylic acids is 2. The van der Waals surface area contributed by atoms with E-state index in [-0.39, 0.29) is 46.9 Å². The van der Waals surface area contributed by atoms with Crippen LogP contribution in [0.15, 0.2) is 0 Å². The van der Waals surface area contributed by atoms with Crippen LogP contribution in [0.5, 0.6) is 0 Å². The molecule has 116 valence electrons. The van der Waals surface area contributed by atoms with Gasteiger partial charge in [-0.2, -0.15) is 0 Å². The smallest absolute Gasteiger partial charge is 1.00 e. The second kappa shape index (κ2) is 11.5. The second-order valence-electron chi connectivity index (χ2n) is 3.95. The third kappa shape index (κ3) is 13.5. The van der Waals surface area contributed by atoms with Crippen molar-refractivity contribution in [3.05, 3.63) is 0 Å². The average molecular weight is 316 g/mol. The SMILES string of the molecule is O=C([O-])CN(CCN(CC(=O)O)CC(=O)O)CC(=O)[O-].[H+].[H+].[H-].[Na+]. The fraction of sp³-hybridized carbons (Fsp3) is 0.600. The van der Waals surface area contributed by atoms with E-state index in [1.54, 1.807) is 0 Å². The molecule has 0 aliphatic carbocycles. The number of carboxylic acid groups (broad SMARTS) is 4. The normalized spacial score (nSPS) is 10.2. The summed E-state index contributed by atoms with van der Waals surface area (Å²) >= 11 is 0. The Balaban J connectivity index is -0.000000301. The third-order valence-corrected chi connectivity index (χ3v) is 2.16. The van der Waals surface area contributed by atoms with Gasteiger partial charge in [0.1, 0.15) is 0 Å². The van der Waals surface area contributed by atoms with Crippen LogP contribution in [0.25, 0.3) is 0 Å². The predicted octanol–water partition coefficient (Wildman–Crippen LogP) is -7.40. The quantitative estimate of drug-likeness (QED) is 0.350. The second-order valence-corrected chi connectivity index (χ2v) is 3.95. The van der Waals surface area contributed by atoms with Crippen LogP contribution in [0.1, 0.15) is 4.28 Å². The summed E-state index contributed by atoms with van der Waals surface area (Å²) in [6, 6.07) is 0. The molecule has 10 nitrogen and oxygen atoms in total. The van der Waals surface area contributed by atoms with Gasteiger partial charge in [0.25, 0.3) is 0 Å². The number of hydrogen-bond acceptors (Lipinski definition) is 8. The van der Waals surface area contributed by atoms with Gasteiger partial charge in [0.2, 0.25) is 0 Å². The molecule has 0 saturated heterocycles. The summed E-state index contributed by atoms with van der Waals surface area (Å²) in [7, 11) is 0. The topological polar surface area (TPSA) is 161 Å². The molecule has 0 aromatic heterocycles. The Morgan fingerprint density at radius 3 is 1.33 bits per heavy atom. The van der Waals surface area contributed by atoms with Crippen LogP contribution in [-0.2, 0) is 19.2 Å². The summed E-state index contributed by atoms with van der Waals surface area (Å²) < 4.78 is 0. The first-order valence-electron chi connectivity index (χ1n) is 5.48. The zero-order valence-corrected chi connectivity index (χ0v) is 13.5. The zero-order valence-electron chi connectivity index (χ0n) is 14.5. The summed E-state index contributed by atoms with van der Waals surface area (Å²) in [5.41, 5.74) is 0. The van der Waals surface area contributed by atoms with Crippen molar-refractivity contribution in [1.29, 1.82) is 0 Å². The largest absolute Gasteiger partial charge is 1.00 e. The van der Waals surface area contributed by atoms with Gasteiger partial charge in [-0.25, -0.2) is 0 Å². The first-order valence-corrected chi connectivity index (χ1v) is 5.48. The Hall–Kier alpha value is -1.20. The molecule has 0 spiro atoms. The molecule has 2 N–H and O–H groups in total. The van der Waals surface area contributed by atoms with Crippen LogP contribution in [-0.4, -0.2) is 83.2 Å². The van der Waals surface area contributed by atoms with E-state index in [1.807, 2.05) is 0 Å². The number of carbonyl (C=O) groups is 4. The molecule has 0 saturated carbocycles. The minimum absolute atomic E-state index is 0. The van der Waals surface area contributed by atoms with Crippen molar-refractivity contribution >= 4 is 23.9 Å². The number of nitrogens with zero attached hydrogens (tertiary/aromatic N) is 2. The van der Waals surface area contributed by atoms with Crippen molar-refractivity contribution in [3.8, 4) is 0 Å². The molecular formula is C10H17N2NaO8. The van der Waals surface area contributed by atoms with Crippen molar-refractivity contribution in [1.82, 2.24) is 9.80 Å². The third-order valence-electron chi connectivity index (χ3n) is 2.16. The number of carboxylic acids is 4. The first kappa shape index (κ1) is 22.1. The molecule has 0 atom stereocenters. The Labute approximate surface area is 146 Å². The monoisotopic (exact) mass is 316 g/mol. The maximum atomic E-state index is 10.5. The van der Waals surface area contributed by atoms with Crippen LogP contribution in [0.3, 0.4) is 0 Å². The van der Waals surface area contributed by atoms with E-state index >= 15 is 0 Å². The summed E-state index contributed by atoms with van der Waals surface area (Å²) in [5.74, 6) is -5.52. The van der Waals surface area contributed by atoms with Crippen LogP contribution in [0, 0.1) is 0 Å². The minimum Gasteiger partial charge on any atom is -1.00 e. The molecule has 0 aromatic rings. The van der Waals surface area contributed by atoms with Crippen molar-refractivity contribution in [2.24, 2.45) is 0 Å². The molecule has 0 aliphatic heterocycles. The summed E-state index contributed by atoms with van der Waals surface area (Å²) in [6.45, 7) is -2.75. The number of aliphatic carboxylic acids is 4. The molecule has 0 aliphatic rings. The Bertz CT molecular complexity index is 334. The summed E-state index contributed by atoms with van der Waals surface area (Å²) in [6.07, 6.45) is 0. The summed E-state index contributed by atoms with van der Waals surface area (Å²) in [5, 5.41) is 38.0. The van der Waals surface area contributed by atoms with Gasteiger partial charge >= 0.3 is 44.3 Å². The van der Waals surface area contributed by atoms with Gasteiger partial charge in [-0.3, -0.25) is 19.4 Å². The fourth-order valence-electron chi connectivity index (χ4n) is 1.46. The van der Waals surface area contributed by atoms with Gasteiger partial charge in [-0.05, 0) is 0 Å². The predicted molar refractivity (Wildman–Crippen MR) is 61.5 cm³/mol. The van der Waals surface area contributed by atoms with E-state index in [0.29, 0.717) is 0 Å². The molecule has 0 rings (SSSR count). The molecular weight excluding hydrogens is 299 g/mol. The Kier molecular flexibility index (Phi) is 12.1. The summed E-state index contributed by atoms with van der Waals surface area (Å²) in [4.78, 5) is 43.9. The van der Waals surface area contributed by atoms with Crippen LogP contribution in [0.4, 0.5) is 0 Å². The van der Waals surface area contributed by atoms with Crippen molar-refractivity contribution in [3.63, 3.8) is 0 Å². The van der Waals surface area contributed by atoms with E-state index in [1.165, 1.54) is 0 Å². The molecule has 0 unspecified atom stereocenters. The maximum absolute atomic E-state index is 10.5. The van der Waals surface area contributed by atoms with Gasteiger partial charge in [-0.15, -0.1) is 0 Å². The number of hydrogen-bond donors (Lipinski definition) is 2. The van der Waals surface area contributed by atoms with E-state index in [4.69, 9.17) is 10.2 Å². The molecule has 0 fully saturated rings. The van der Waals surface area contributed by atoms with Gasteiger partial charge in [0.05, 0.1) is 25.0 Å². The van der Waals surface area contributed by atoms with E-state index in [0.717, 1.165) is 9.80 Å². The molecule has 0 heterocycles. The number of rotatable bonds is 11. The molecule has 0 aromatic carbocycles. The first-order chi connectivity index (χ1) is 9.20. The Morgan fingerprint density at radius 2 is 1.10 bits per heavy atom. The fourth-order valence-corrected chi connectivity index (χ4v) is 1.46. The van der Waals surface area contributed by atoms with Gasteiger partial charge < -0.3 is 31.4 Å². The van der Waals surface area contributed by atoms with Crippen LogP contribution in [0.2, 0.25) is 0 Å². The standard InChI is InChI=1S/C10H16N2O8.Na.H/c13-7(14)3-11(4-8(15)16)1-2-12(5-9(17)18)6-10(19)20;;/h1-6H2,(H,13,14)(H,15,16)(H,17,18)(H,19,20);;/q;+1;-1. The average Bonchev–Trinajstić information content (AvgIpc) is 2.22. The molecule has 21 heavy (non-hydrogen) atoms. The van der Waals surface area contributed by atoms with E-state index < -0.39 is 50.1 Å². The molecule has 0 bridgehead atoms. The van der Waals surface area contributed by atoms with Crippen molar-refractivity contribution in [2.45, 2.75) is 0 Å². The molecule has 11 heteroatoms. The van der Waals surface area contributed by atoms with Crippen molar-refractivity contribution in [2.75, 3.05) is 39.3 Å². The molecule has 0 amide bonds. The zero-order chi connectivity index (χ0) is 15.7. The molecule has 0 radical (unpaired) electrons.